The molecule has 7 nitrogen and oxygen atoms in total. The molecular weight excluding hydrogens is 236 g/mol. The van der Waals surface area contributed by atoms with Gasteiger partial charge >= 0.3 is 5.97 Å². The normalized spacial score (nSPS) is 10.6. The standard InChI is InChI=1S/C11H14N4O3/c1-17-11(16)10-9(4-5-12)15(14-13-10)7-8-3-2-6-18-8/h2-3,6H,4-5,7,12H2,1H3. The van der Waals surface area contributed by atoms with Gasteiger partial charge in [-0.25, -0.2) is 9.48 Å². The Labute approximate surface area is 104 Å². The van der Waals surface area contributed by atoms with Gasteiger partial charge in [-0.3, -0.25) is 0 Å². The Bertz CT molecular complexity index is 518. The average molecular weight is 250 g/mol. The number of nitrogens with two attached hydrogens (primary N) is 1. The van der Waals surface area contributed by atoms with Crippen LogP contribution >= 0.6 is 0 Å². The van der Waals surface area contributed by atoms with Crippen LogP contribution in [0.4, 0.5) is 0 Å². The van der Waals surface area contributed by atoms with Crippen LogP contribution in [0.1, 0.15) is 21.9 Å². The number of furan rings is 1. The van der Waals surface area contributed by atoms with Crippen LogP contribution < -0.4 is 5.73 Å². The number of esters is 1. The van der Waals surface area contributed by atoms with Crippen molar-refractivity contribution < 1.29 is 13.9 Å². The number of methoxy groups -OCH3 is 1. The summed E-state index contributed by atoms with van der Waals surface area (Å²) in [4.78, 5) is 11.5. The highest BCUT2D eigenvalue weighted by Gasteiger charge is 2.20. The second-order valence-electron chi connectivity index (χ2n) is 3.65. The van der Waals surface area contributed by atoms with Gasteiger partial charge in [-0.1, -0.05) is 5.21 Å². The zero-order chi connectivity index (χ0) is 13.0. The Morgan fingerprint density at radius 2 is 2.44 bits per heavy atom. The molecule has 7 heteroatoms. The summed E-state index contributed by atoms with van der Waals surface area (Å²) in [6, 6.07) is 3.61. The van der Waals surface area contributed by atoms with Crippen LogP contribution in [-0.4, -0.2) is 34.6 Å². The molecule has 0 aliphatic rings. The number of ether oxygens (including phenoxy) is 1. The number of rotatable bonds is 5. The molecule has 2 heterocycles. The number of hydrogen-bond acceptors (Lipinski definition) is 6. The van der Waals surface area contributed by atoms with Crippen LogP contribution in [0, 0.1) is 0 Å². The van der Waals surface area contributed by atoms with Crippen molar-refractivity contribution in [1.82, 2.24) is 15.0 Å². The first-order chi connectivity index (χ1) is 8.76. The fourth-order valence-corrected chi connectivity index (χ4v) is 1.65. The summed E-state index contributed by atoms with van der Waals surface area (Å²) in [5.74, 6) is 0.221. The molecule has 0 atom stereocenters. The van der Waals surface area contributed by atoms with E-state index in [1.54, 1.807) is 17.0 Å². The molecule has 0 aliphatic heterocycles. The van der Waals surface area contributed by atoms with E-state index < -0.39 is 5.97 Å². The maximum Gasteiger partial charge on any atom is 0.360 e. The van der Waals surface area contributed by atoms with Crippen LogP contribution in [0.3, 0.4) is 0 Å². The minimum atomic E-state index is -0.510. The van der Waals surface area contributed by atoms with E-state index in [0.29, 0.717) is 25.2 Å². The van der Waals surface area contributed by atoms with Gasteiger partial charge in [0.05, 0.1) is 19.1 Å². The Balaban J connectivity index is 2.29. The lowest BCUT2D eigenvalue weighted by Gasteiger charge is -2.04. The predicted octanol–water partition coefficient (Wildman–Crippen LogP) is 0.207. The second kappa shape index (κ2) is 5.46. The highest BCUT2D eigenvalue weighted by molar-refractivity contribution is 5.88. The lowest BCUT2D eigenvalue weighted by molar-refractivity contribution is 0.0592. The smallest absolute Gasteiger partial charge is 0.360 e. The molecule has 0 saturated heterocycles. The number of hydrogen-bond donors (Lipinski definition) is 1. The SMILES string of the molecule is COC(=O)c1nnn(Cc2ccco2)c1CCN. The van der Waals surface area contributed by atoms with E-state index in [0.717, 1.165) is 5.76 Å². The summed E-state index contributed by atoms with van der Waals surface area (Å²) >= 11 is 0. The molecule has 0 aliphatic carbocycles. The summed E-state index contributed by atoms with van der Waals surface area (Å²) in [6.07, 6.45) is 2.08. The molecule has 0 radical (unpaired) electrons. The van der Waals surface area contributed by atoms with Crippen molar-refractivity contribution in [3.8, 4) is 0 Å². The quantitative estimate of drug-likeness (QED) is 0.762. The molecule has 2 aromatic heterocycles. The predicted molar refractivity (Wildman–Crippen MR) is 61.9 cm³/mol. The lowest BCUT2D eigenvalue weighted by Crippen LogP contribution is -2.14. The van der Waals surface area contributed by atoms with Gasteiger partial charge in [0, 0.05) is 6.42 Å². The van der Waals surface area contributed by atoms with Crippen LogP contribution in [0.15, 0.2) is 22.8 Å². The Morgan fingerprint density at radius 1 is 1.61 bits per heavy atom. The van der Waals surface area contributed by atoms with Gasteiger partial charge in [0.15, 0.2) is 5.69 Å². The number of nitrogens with zero attached hydrogens (tertiary/aromatic N) is 3. The third-order valence-electron chi connectivity index (χ3n) is 2.48. The maximum absolute atomic E-state index is 11.5. The first kappa shape index (κ1) is 12.3. The number of carbonyl (C=O) groups excluding carboxylic acids is 1. The highest BCUT2D eigenvalue weighted by atomic mass is 16.5. The van der Waals surface area contributed by atoms with Gasteiger partial charge in [0.1, 0.15) is 12.3 Å². The van der Waals surface area contributed by atoms with E-state index in [4.69, 9.17) is 10.2 Å². The van der Waals surface area contributed by atoms with Crippen molar-refractivity contribution in [3.05, 3.63) is 35.5 Å². The zero-order valence-electron chi connectivity index (χ0n) is 10.00. The van der Waals surface area contributed by atoms with Gasteiger partial charge in [-0.15, -0.1) is 5.10 Å². The minimum absolute atomic E-state index is 0.203. The fourth-order valence-electron chi connectivity index (χ4n) is 1.65. The lowest BCUT2D eigenvalue weighted by atomic mass is 10.2. The average Bonchev–Trinajstić information content (AvgIpc) is 3.01. The van der Waals surface area contributed by atoms with Crippen molar-refractivity contribution in [2.24, 2.45) is 5.73 Å². The molecule has 2 rings (SSSR count). The first-order valence-corrected chi connectivity index (χ1v) is 5.49. The molecule has 18 heavy (non-hydrogen) atoms. The van der Waals surface area contributed by atoms with E-state index >= 15 is 0 Å². The summed E-state index contributed by atoms with van der Waals surface area (Å²) < 4.78 is 11.5. The molecule has 96 valence electrons. The Morgan fingerprint density at radius 3 is 3.06 bits per heavy atom. The summed E-state index contributed by atoms with van der Waals surface area (Å²) in [5.41, 5.74) is 6.38. The van der Waals surface area contributed by atoms with Gasteiger partial charge in [-0.05, 0) is 18.7 Å². The molecule has 0 spiro atoms. The van der Waals surface area contributed by atoms with Crippen molar-refractivity contribution >= 4 is 5.97 Å². The molecule has 0 aromatic carbocycles. The minimum Gasteiger partial charge on any atom is -0.467 e. The second-order valence-corrected chi connectivity index (χ2v) is 3.65. The molecule has 2 N–H and O–H groups in total. The van der Waals surface area contributed by atoms with Crippen molar-refractivity contribution in [1.29, 1.82) is 0 Å². The summed E-state index contributed by atoms with van der Waals surface area (Å²) in [5, 5.41) is 7.76. The van der Waals surface area contributed by atoms with Gasteiger partial charge < -0.3 is 14.9 Å². The molecule has 0 unspecified atom stereocenters. The fraction of sp³-hybridized carbons (Fsp3) is 0.364. The van der Waals surface area contributed by atoms with Crippen molar-refractivity contribution in [2.75, 3.05) is 13.7 Å². The largest absolute Gasteiger partial charge is 0.467 e. The van der Waals surface area contributed by atoms with Crippen LogP contribution in [-0.2, 0) is 17.7 Å². The van der Waals surface area contributed by atoms with Gasteiger partial charge in [-0.2, -0.15) is 0 Å². The van der Waals surface area contributed by atoms with Crippen molar-refractivity contribution in [3.63, 3.8) is 0 Å². The number of aromatic nitrogens is 3. The van der Waals surface area contributed by atoms with Gasteiger partial charge in [0.25, 0.3) is 0 Å². The van der Waals surface area contributed by atoms with Crippen molar-refractivity contribution in [2.45, 2.75) is 13.0 Å². The Kier molecular flexibility index (Phi) is 3.73. The third-order valence-corrected chi connectivity index (χ3v) is 2.48. The Hall–Kier alpha value is -2.15. The van der Waals surface area contributed by atoms with E-state index in [1.807, 2.05) is 6.07 Å². The molecule has 2 aromatic rings. The third kappa shape index (κ3) is 2.40. The van der Waals surface area contributed by atoms with E-state index in [-0.39, 0.29) is 5.69 Å². The molecule has 0 amide bonds. The molecular formula is C11H14N4O3. The molecule has 0 fully saturated rings. The topological polar surface area (TPSA) is 96.2 Å². The van der Waals surface area contributed by atoms with Crippen LogP contribution in [0.2, 0.25) is 0 Å². The first-order valence-electron chi connectivity index (χ1n) is 5.49. The monoisotopic (exact) mass is 250 g/mol. The maximum atomic E-state index is 11.5. The van der Waals surface area contributed by atoms with E-state index in [1.165, 1.54) is 7.11 Å². The van der Waals surface area contributed by atoms with E-state index in [2.05, 4.69) is 15.0 Å². The van der Waals surface area contributed by atoms with E-state index in [9.17, 15) is 4.79 Å². The molecule has 0 bridgehead atoms. The van der Waals surface area contributed by atoms with Crippen LogP contribution in [0.5, 0.6) is 0 Å². The summed E-state index contributed by atoms with van der Waals surface area (Å²) in [6.45, 7) is 0.807. The highest BCUT2D eigenvalue weighted by Crippen LogP contribution is 2.11. The van der Waals surface area contributed by atoms with Crippen LogP contribution in [0.25, 0.3) is 0 Å². The zero-order valence-corrected chi connectivity index (χ0v) is 10.00. The molecule has 0 saturated carbocycles. The summed E-state index contributed by atoms with van der Waals surface area (Å²) in [7, 11) is 1.31. The number of carbonyl (C=O) groups is 1. The van der Waals surface area contributed by atoms with Gasteiger partial charge in [0.2, 0.25) is 0 Å².